The van der Waals surface area contributed by atoms with Gasteiger partial charge < -0.3 is 20.1 Å². The smallest absolute Gasteiger partial charge is 0.413 e. The number of carboxylic acids is 1. The van der Waals surface area contributed by atoms with Gasteiger partial charge in [-0.05, 0) is 41.7 Å². The monoisotopic (exact) mass is 473 g/mol. The highest BCUT2D eigenvalue weighted by atomic mass is 16.6. The number of nitro benzene ring substituents is 1. The molecule has 4 atom stereocenters. The Kier molecular flexibility index (Phi) is 6.03. The fraction of sp³-hybridized carbons (Fsp3) is 0.625. The number of carbonyl (C=O) groups is 3. The Morgan fingerprint density at radius 1 is 1.15 bits per heavy atom. The number of carboxylic acid groups (broad SMARTS) is 1. The fourth-order valence-corrected chi connectivity index (χ4v) is 6.03. The Balaban J connectivity index is 1.54. The van der Waals surface area contributed by atoms with Crippen LogP contribution in [0.2, 0.25) is 0 Å². The topological polar surface area (TPSA) is 139 Å². The second kappa shape index (κ2) is 8.56. The van der Waals surface area contributed by atoms with Crippen molar-refractivity contribution in [1.29, 1.82) is 0 Å². The number of likely N-dealkylation sites (tertiary alicyclic amines) is 1. The number of rotatable bonds is 6. The molecule has 0 bridgehead atoms. The van der Waals surface area contributed by atoms with E-state index in [9.17, 15) is 29.6 Å². The molecule has 1 aliphatic heterocycles. The Labute approximate surface area is 197 Å². The number of aliphatic carboxylic acids is 1. The second-order valence-electron chi connectivity index (χ2n) is 10.7. The first-order valence-corrected chi connectivity index (χ1v) is 11.7. The zero-order chi connectivity index (χ0) is 24.8. The maximum atomic E-state index is 13.8. The minimum absolute atomic E-state index is 0.0965. The number of hydrogen-bond donors (Lipinski definition) is 2. The van der Waals surface area contributed by atoms with Gasteiger partial charge in [0.2, 0.25) is 5.91 Å². The lowest BCUT2D eigenvalue weighted by Crippen LogP contribution is -2.60. The average Bonchev–Trinajstić information content (AvgIpc) is 3.11. The van der Waals surface area contributed by atoms with E-state index in [1.807, 2.05) is 20.8 Å². The summed E-state index contributed by atoms with van der Waals surface area (Å²) in [6.07, 6.45) is 3.48. The molecule has 184 valence electrons. The van der Waals surface area contributed by atoms with Crippen LogP contribution in [0.3, 0.4) is 0 Å². The number of nitrogens with one attached hydrogen (secondary N) is 1. The average molecular weight is 474 g/mol. The van der Waals surface area contributed by atoms with Crippen molar-refractivity contribution >= 4 is 23.7 Å². The number of ether oxygens (including phenoxy) is 1. The van der Waals surface area contributed by atoms with E-state index in [1.165, 1.54) is 29.2 Å². The van der Waals surface area contributed by atoms with Crippen LogP contribution in [0.15, 0.2) is 24.3 Å². The molecule has 0 unspecified atom stereocenters. The minimum Gasteiger partial charge on any atom is -0.480 e. The number of nitrogens with zero attached hydrogens (tertiary/aromatic N) is 2. The molecule has 1 saturated heterocycles. The maximum Gasteiger partial charge on any atom is 0.413 e. The van der Waals surface area contributed by atoms with Gasteiger partial charge in [0.1, 0.15) is 17.8 Å². The second-order valence-corrected chi connectivity index (χ2v) is 10.7. The zero-order valence-corrected chi connectivity index (χ0v) is 19.7. The first kappa shape index (κ1) is 24.0. The predicted molar refractivity (Wildman–Crippen MR) is 121 cm³/mol. The summed E-state index contributed by atoms with van der Waals surface area (Å²) in [5, 5.41) is 23.5. The van der Waals surface area contributed by atoms with Gasteiger partial charge in [0, 0.05) is 24.6 Å². The lowest BCUT2D eigenvalue weighted by molar-refractivity contribution is -0.384. The molecule has 10 nitrogen and oxygen atoms in total. The van der Waals surface area contributed by atoms with Gasteiger partial charge in [-0.25, -0.2) is 9.59 Å². The van der Waals surface area contributed by atoms with E-state index in [4.69, 9.17) is 4.74 Å². The van der Waals surface area contributed by atoms with Crippen molar-refractivity contribution in [2.45, 2.75) is 65.0 Å². The number of hydrogen-bond acceptors (Lipinski definition) is 6. The number of fused-ring (bicyclic) bond motifs is 1. The van der Waals surface area contributed by atoms with Crippen LogP contribution in [-0.2, 0) is 9.59 Å². The molecule has 3 fully saturated rings. The fourth-order valence-electron chi connectivity index (χ4n) is 6.03. The Morgan fingerprint density at radius 2 is 1.76 bits per heavy atom. The van der Waals surface area contributed by atoms with Crippen molar-refractivity contribution in [1.82, 2.24) is 10.2 Å². The largest absolute Gasteiger partial charge is 0.480 e. The van der Waals surface area contributed by atoms with Crippen LogP contribution < -0.4 is 10.1 Å². The van der Waals surface area contributed by atoms with Gasteiger partial charge in [-0.15, -0.1) is 0 Å². The lowest BCUT2D eigenvalue weighted by atomic mass is 9.70. The summed E-state index contributed by atoms with van der Waals surface area (Å²) in [6, 6.07) is 3.24. The quantitative estimate of drug-likeness (QED) is 0.475. The van der Waals surface area contributed by atoms with Crippen molar-refractivity contribution in [2.75, 3.05) is 6.54 Å². The van der Waals surface area contributed by atoms with Crippen LogP contribution in [0.4, 0.5) is 10.5 Å². The Hall–Kier alpha value is -3.17. The van der Waals surface area contributed by atoms with Crippen LogP contribution in [-0.4, -0.2) is 51.5 Å². The SMILES string of the molecule is CC1([C@H](NC(=O)Oc2ccc([N+](=O)[O-])cc2)C(=O)N2C[C@H]3[C@@H]([C@H]2C(=O)O)C3(C)C)CCCCC1. The summed E-state index contributed by atoms with van der Waals surface area (Å²) in [6.45, 7) is 6.37. The molecule has 2 amide bonds. The van der Waals surface area contributed by atoms with E-state index in [0.717, 1.165) is 32.1 Å². The zero-order valence-electron chi connectivity index (χ0n) is 19.7. The molecule has 3 aliphatic rings. The van der Waals surface area contributed by atoms with Gasteiger partial charge in [0.15, 0.2) is 0 Å². The number of piperidine rings is 1. The van der Waals surface area contributed by atoms with Gasteiger partial charge in [0.05, 0.1) is 4.92 Å². The molecule has 0 aromatic heterocycles. The van der Waals surface area contributed by atoms with Gasteiger partial charge in [-0.1, -0.05) is 40.0 Å². The van der Waals surface area contributed by atoms with Crippen LogP contribution in [0.25, 0.3) is 0 Å². The third-order valence-corrected chi connectivity index (χ3v) is 8.20. The van der Waals surface area contributed by atoms with Gasteiger partial charge >= 0.3 is 12.1 Å². The lowest BCUT2D eigenvalue weighted by Gasteiger charge is -2.42. The Bertz CT molecular complexity index is 1000. The molecule has 2 N–H and O–H groups in total. The molecule has 1 aromatic rings. The third-order valence-electron chi connectivity index (χ3n) is 8.20. The highest BCUT2D eigenvalue weighted by Gasteiger charge is 2.70. The van der Waals surface area contributed by atoms with Crippen LogP contribution in [0.5, 0.6) is 5.75 Å². The normalized spacial score (nSPS) is 27.3. The molecule has 34 heavy (non-hydrogen) atoms. The number of amides is 2. The number of nitro groups is 1. The van der Waals surface area contributed by atoms with E-state index >= 15 is 0 Å². The van der Waals surface area contributed by atoms with Crippen LogP contribution >= 0.6 is 0 Å². The number of carbonyl (C=O) groups excluding carboxylic acids is 2. The van der Waals surface area contributed by atoms with E-state index in [0.29, 0.717) is 6.54 Å². The highest BCUT2D eigenvalue weighted by molar-refractivity contribution is 5.91. The summed E-state index contributed by atoms with van der Waals surface area (Å²) in [4.78, 5) is 50.4. The molecular formula is C24H31N3O7. The molecule has 2 aliphatic carbocycles. The highest BCUT2D eigenvalue weighted by Crippen LogP contribution is 2.65. The molecular weight excluding hydrogens is 442 g/mol. The first-order valence-electron chi connectivity index (χ1n) is 11.7. The van der Waals surface area contributed by atoms with E-state index in [-0.39, 0.29) is 34.6 Å². The van der Waals surface area contributed by atoms with Gasteiger partial charge in [-0.2, -0.15) is 0 Å². The van der Waals surface area contributed by atoms with Crippen LogP contribution in [0, 0.1) is 32.8 Å². The van der Waals surface area contributed by atoms with E-state index < -0.39 is 34.5 Å². The number of non-ortho nitro benzene ring substituents is 1. The van der Waals surface area contributed by atoms with E-state index in [1.54, 1.807) is 0 Å². The Morgan fingerprint density at radius 3 is 2.32 bits per heavy atom. The molecule has 2 saturated carbocycles. The molecule has 0 radical (unpaired) electrons. The summed E-state index contributed by atoms with van der Waals surface area (Å²) in [7, 11) is 0. The van der Waals surface area contributed by atoms with E-state index in [2.05, 4.69) is 5.32 Å². The standard InChI is InChI=1S/C24H31N3O7/c1-23(2)16-13-26(18(17(16)23)21(29)30)20(28)19(24(3)11-5-4-6-12-24)25-22(31)34-15-9-7-14(8-10-15)27(32)33/h7-10,16-19H,4-6,11-13H2,1-3H3,(H,25,31)(H,29,30)/t16-,17-,18-,19+/m0/s1. The number of benzene rings is 1. The summed E-state index contributed by atoms with van der Waals surface area (Å²) < 4.78 is 5.31. The molecule has 1 heterocycles. The predicted octanol–water partition coefficient (Wildman–Crippen LogP) is 3.59. The van der Waals surface area contributed by atoms with Gasteiger partial charge in [-0.3, -0.25) is 14.9 Å². The van der Waals surface area contributed by atoms with Crippen molar-refractivity contribution in [2.24, 2.45) is 22.7 Å². The van der Waals surface area contributed by atoms with Crippen molar-refractivity contribution in [3.8, 4) is 5.75 Å². The third kappa shape index (κ3) is 4.21. The van der Waals surface area contributed by atoms with Gasteiger partial charge in [0.25, 0.3) is 5.69 Å². The van der Waals surface area contributed by atoms with Crippen molar-refractivity contribution in [3.05, 3.63) is 34.4 Å². The van der Waals surface area contributed by atoms with Crippen molar-refractivity contribution in [3.63, 3.8) is 0 Å². The molecule has 10 heteroatoms. The van der Waals surface area contributed by atoms with Crippen molar-refractivity contribution < 1.29 is 29.2 Å². The molecule has 4 rings (SSSR count). The van der Waals surface area contributed by atoms with Crippen LogP contribution in [0.1, 0.15) is 52.9 Å². The summed E-state index contributed by atoms with van der Waals surface area (Å²) in [5.74, 6) is -1.27. The molecule has 0 spiro atoms. The maximum absolute atomic E-state index is 13.8. The molecule has 1 aromatic carbocycles. The summed E-state index contributed by atoms with van der Waals surface area (Å²) >= 11 is 0. The summed E-state index contributed by atoms with van der Waals surface area (Å²) in [5.41, 5.74) is -0.785. The first-order chi connectivity index (χ1) is 16.0. The minimum atomic E-state index is -1.02.